The van der Waals surface area contributed by atoms with Gasteiger partial charge in [-0.15, -0.1) is 0 Å². The van der Waals surface area contributed by atoms with Gasteiger partial charge in [-0.25, -0.2) is 13.6 Å². The highest BCUT2D eigenvalue weighted by Gasteiger charge is 2.16. The lowest BCUT2D eigenvalue weighted by atomic mass is 9.97. The molecule has 128 valence electrons. The second kappa shape index (κ2) is 7.59. The van der Waals surface area contributed by atoms with E-state index < -0.39 is 10.0 Å². The number of nitrogens with two attached hydrogens (primary N) is 1. The monoisotopic (exact) mass is 346 g/mol. The zero-order valence-corrected chi connectivity index (χ0v) is 14.6. The molecule has 2 aromatic carbocycles. The van der Waals surface area contributed by atoms with Crippen molar-refractivity contribution in [3.63, 3.8) is 0 Å². The number of primary sulfonamides is 1. The highest BCUT2D eigenvalue weighted by Crippen LogP contribution is 2.20. The van der Waals surface area contributed by atoms with Gasteiger partial charge in [-0.05, 0) is 36.1 Å². The molecular weight excluding hydrogens is 324 g/mol. The molecule has 2 unspecified atom stereocenters. The molecule has 6 heteroatoms. The first kappa shape index (κ1) is 18.2. The normalized spacial score (nSPS) is 14.0. The van der Waals surface area contributed by atoms with Crippen LogP contribution in [-0.4, -0.2) is 14.3 Å². The number of rotatable bonds is 6. The lowest BCUT2D eigenvalue weighted by Crippen LogP contribution is -2.27. The molecule has 0 aliphatic heterocycles. The molecule has 1 amide bonds. The van der Waals surface area contributed by atoms with Gasteiger partial charge in [-0.2, -0.15) is 0 Å². The number of hydrogen-bond acceptors (Lipinski definition) is 3. The highest BCUT2D eigenvalue weighted by atomic mass is 32.2. The maximum atomic E-state index is 12.2. The fourth-order valence-electron chi connectivity index (χ4n) is 2.52. The standard InChI is InChI=1S/C18H22N2O3S/c1-13(15-7-4-3-5-8-15)11-18(21)20-14(2)16-9-6-10-17(12-16)24(19,22)23/h3-10,12-14H,11H2,1-2H3,(H,20,21)(H2,19,22,23). The minimum atomic E-state index is -3.76. The Bertz CT molecular complexity index is 804. The SMILES string of the molecule is CC(CC(=O)NC(C)c1cccc(S(N)(=O)=O)c1)c1ccccc1. The van der Waals surface area contributed by atoms with E-state index in [0.717, 1.165) is 5.56 Å². The van der Waals surface area contributed by atoms with Crippen LogP contribution in [0.15, 0.2) is 59.5 Å². The Balaban J connectivity index is 2.02. The lowest BCUT2D eigenvalue weighted by Gasteiger charge is -2.17. The van der Waals surface area contributed by atoms with Crippen molar-refractivity contribution in [2.45, 2.75) is 37.1 Å². The Kier molecular flexibility index (Phi) is 5.75. The Morgan fingerprint density at radius 3 is 2.29 bits per heavy atom. The van der Waals surface area contributed by atoms with Crippen molar-refractivity contribution >= 4 is 15.9 Å². The van der Waals surface area contributed by atoms with Crippen LogP contribution in [0.1, 0.15) is 43.4 Å². The average Bonchev–Trinajstić information content (AvgIpc) is 2.54. The minimum absolute atomic E-state index is 0.0405. The van der Waals surface area contributed by atoms with Gasteiger partial charge >= 0.3 is 0 Å². The first-order valence-corrected chi connectivity index (χ1v) is 9.29. The van der Waals surface area contributed by atoms with Gasteiger partial charge in [0.05, 0.1) is 10.9 Å². The Morgan fingerprint density at radius 2 is 1.67 bits per heavy atom. The highest BCUT2D eigenvalue weighted by molar-refractivity contribution is 7.89. The van der Waals surface area contributed by atoms with E-state index in [9.17, 15) is 13.2 Å². The van der Waals surface area contributed by atoms with E-state index >= 15 is 0 Å². The number of carbonyl (C=O) groups is 1. The van der Waals surface area contributed by atoms with Gasteiger partial charge in [0.15, 0.2) is 0 Å². The molecule has 2 aromatic rings. The Hall–Kier alpha value is -2.18. The molecule has 5 nitrogen and oxygen atoms in total. The van der Waals surface area contributed by atoms with Gasteiger partial charge in [0.1, 0.15) is 0 Å². The average molecular weight is 346 g/mol. The van der Waals surface area contributed by atoms with Crippen LogP contribution in [0.3, 0.4) is 0 Å². The molecule has 0 spiro atoms. The molecule has 0 heterocycles. The van der Waals surface area contributed by atoms with Crippen molar-refractivity contribution in [1.29, 1.82) is 0 Å². The third kappa shape index (κ3) is 4.91. The summed E-state index contributed by atoms with van der Waals surface area (Å²) in [7, 11) is -3.76. The first-order chi connectivity index (χ1) is 11.3. The van der Waals surface area contributed by atoms with E-state index in [0.29, 0.717) is 12.0 Å². The predicted octanol–water partition coefficient (Wildman–Crippen LogP) is 2.71. The topological polar surface area (TPSA) is 89.3 Å². The van der Waals surface area contributed by atoms with E-state index in [4.69, 9.17) is 5.14 Å². The van der Waals surface area contributed by atoms with Crippen LogP contribution in [0.4, 0.5) is 0 Å². The largest absolute Gasteiger partial charge is 0.350 e. The number of amides is 1. The van der Waals surface area contributed by atoms with E-state index in [1.807, 2.05) is 44.2 Å². The molecule has 0 radical (unpaired) electrons. The first-order valence-electron chi connectivity index (χ1n) is 7.74. The van der Waals surface area contributed by atoms with E-state index in [-0.39, 0.29) is 22.8 Å². The summed E-state index contributed by atoms with van der Waals surface area (Å²) in [5.74, 6) is 0.0222. The summed E-state index contributed by atoms with van der Waals surface area (Å²) in [6, 6.07) is 15.8. The number of sulfonamides is 1. The van der Waals surface area contributed by atoms with Crippen molar-refractivity contribution in [2.75, 3.05) is 0 Å². The Morgan fingerprint density at radius 1 is 1.04 bits per heavy atom. The summed E-state index contributed by atoms with van der Waals surface area (Å²) in [6.07, 6.45) is 0.364. The number of carbonyl (C=O) groups excluding carboxylic acids is 1. The van der Waals surface area contributed by atoms with Gasteiger partial charge in [-0.3, -0.25) is 4.79 Å². The van der Waals surface area contributed by atoms with Crippen molar-refractivity contribution in [3.8, 4) is 0 Å². The molecule has 0 aromatic heterocycles. The molecule has 0 saturated heterocycles. The molecule has 0 bridgehead atoms. The summed E-state index contributed by atoms with van der Waals surface area (Å²) >= 11 is 0. The zero-order valence-electron chi connectivity index (χ0n) is 13.8. The lowest BCUT2D eigenvalue weighted by molar-refractivity contribution is -0.122. The van der Waals surface area contributed by atoms with Crippen LogP contribution < -0.4 is 10.5 Å². The van der Waals surface area contributed by atoms with E-state index in [2.05, 4.69) is 5.32 Å². The quantitative estimate of drug-likeness (QED) is 0.843. The van der Waals surface area contributed by atoms with Gasteiger partial charge < -0.3 is 5.32 Å². The third-order valence-corrected chi connectivity index (χ3v) is 4.84. The Labute approximate surface area is 142 Å². The molecule has 0 aliphatic rings. The summed E-state index contributed by atoms with van der Waals surface area (Å²) in [6.45, 7) is 3.81. The van der Waals surface area contributed by atoms with Crippen LogP contribution in [0, 0.1) is 0 Å². The van der Waals surface area contributed by atoms with Gasteiger partial charge in [0.2, 0.25) is 15.9 Å². The summed E-state index contributed by atoms with van der Waals surface area (Å²) in [5.41, 5.74) is 1.80. The zero-order chi connectivity index (χ0) is 17.7. The summed E-state index contributed by atoms with van der Waals surface area (Å²) in [5, 5.41) is 8.04. The van der Waals surface area contributed by atoms with Crippen LogP contribution in [0.2, 0.25) is 0 Å². The van der Waals surface area contributed by atoms with Crippen LogP contribution in [-0.2, 0) is 14.8 Å². The predicted molar refractivity (Wildman–Crippen MR) is 93.8 cm³/mol. The van der Waals surface area contributed by atoms with Crippen LogP contribution >= 0.6 is 0 Å². The summed E-state index contributed by atoms with van der Waals surface area (Å²) in [4.78, 5) is 12.3. The maximum absolute atomic E-state index is 12.2. The maximum Gasteiger partial charge on any atom is 0.238 e. The van der Waals surface area contributed by atoms with Crippen LogP contribution in [0.25, 0.3) is 0 Å². The second-order valence-electron chi connectivity index (χ2n) is 5.92. The molecule has 24 heavy (non-hydrogen) atoms. The van der Waals surface area contributed by atoms with E-state index in [1.54, 1.807) is 12.1 Å². The fraction of sp³-hybridized carbons (Fsp3) is 0.278. The van der Waals surface area contributed by atoms with Crippen molar-refractivity contribution in [3.05, 3.63) is 65.7 Å². The number of nitrogens with one attached hydrogen (secondary N) is 1. The smallest absolute Gasteiger partial charge is 0.238 e. The third-order valence-electron chi connectivity index (χ3n) is 3.92. The molecule has 2 rings (SSSR count). The minimum Gasteiger partial charge on any atom is -0.350 e. The number of benzene rings is 2. The molecule has 3 N–H and O–H groups in total. The second-order valence-corrected chi connectivity index (χ2v) is 7.48. The van der Waals surface area contributed by atoms with Crippen molar-refractivity contribution in [2.24, 2.45) is 5.14 Å². The van der Waals surface area contributed by atoms with Gasteiger partial charge in [0.25, 0.3) is 0 Å². The fourth-order valence-corrected chi connectivity index (χ4v) is 3.09. The number of hydrogen-bond donors (Lipinski definition) is 2. The molecular formula is C18H22N2O3S. The summed E-state index contributed by atoms with van der Waals surface area (Å²) < 4.78 is 22.8. The molecule has 0 saturated carbocycles. The van der Waals surface area contributed by atoms with E-state index in [1.165, 1.54) is 12.1 Å². The van der Waals surface area contributed by atoms with Gasteiger partial charge in [0, 0.05) is 6.42 Å². The molecule has 0 fully saturated rings. The molecule has 0 aliphatic carbocycles. The van der Waals surface area contributed by atoms with Crippen molar-refractivity contribution < 1.29 is 13.2 Å². The van der Waals surface area contributed by atoms with Crippen LogP contribution in [0.5, 0.6) is 0 Å². The molecule has 2 atom stereocenters. The van der Waals surface area contributed by atoms with Crippen molar-refractivity contribution in [1.82, 2.24) is 5.32 Å². The van der Waals surface area contributed by atoms with Gasteiger partial charge in [-0.1, -0.05) is 49.4 Å².